The van der Waals surface area contributed by atoms with E-state index in [4.69, 9.17) is 9.47 Å². The van der Waals surface area contributed by atoms with Gasteiger partial charge in [0.25, 0.3) is 6.29 Å². The van der Waals surface area contributed by atoms with Gasteiger partial charge in [-0.05, 0) is 81.9 Å². The molecule has 0 unspecified atom stereocenters. The first kappa shape index (κ1) is 24.7. The summed E-state index contributed by atoms with van der Waals surface area (Å²) in [6, 6.07) is 41.3. The predicted octanol–water partition coefficient (Wildman–Crippen LogP) is 10.4. The number of hydrogen-bond donors (Lipinski definition) is 0. The van der Waals surface area contributed by atoms with E-state index in [1.54, 1.807) is 12.5 Å². The molecule has 0 bridgehead atoms. The van der Waals surface area contributed by atoms with E-state index in [1.165, 1.54) is 22.3 Å². The molecule has 1 aliphatic carbocycles. The monoisotopic (exact) mass is 585 g/mol. The van der Waals surface area contributed by atoms with Crippen molar-refractivity contribution >= 4 is 33.0 Å². The summed E-state index contributed by atoms with van der Waals surface area (Å²) < 4.78 is 12.0. The fourth-order valence-corrected chi connectivity index (χ4v) is 6.16. The molecule has 0 fully saturated rings. The third-order valence-electron chi connectivity index (χ3n) is 8.01. The van der Waals surface area contributed by atoms with Crippen LogP contribution in [-0.4, -0.2) is 0 Å². The summed E-state index contributed by atoms with van der Waals surface area (Å²) in [5.41, 5.74) is 12.0. The molecule has 5 aromatic rings. The molecule has 5 aromatic carbocycles. The van der Waals surface area contributed by atoms with Crippen molar-refractivity contribution in [2.24, 2.45) is 0 Å². The Kier molecular flexibility index (Phi) is 6.01. The molecule has 0 aromatic heterocycles. The second kappa shape index (κ2) is 9.72. The molecule has 3 nitrogen and oxygen atoms in total. The molecule has 0 amide bonds. The predicted molar refractivity (Wildman–Crippen MR) is 166 cm³/mol. The largest absolute Gasteiger partial charge is 0.455 e. The summed E-state index contributed by atoms with van der Waals surface area (Å²) in [7, 11) is 0. The Morgan fingerprint density at radius 3 is 1.82 bits per heavy atom. The van der Waals surface area contributed by atoms with Crippen LogP contribution in [0, 0.1) is 0 Å². The zero-order chi connectivity index (χ0) is 27.3. The minimum atomic E-state index is -0.360. The molecule has 0 saturated heterocycles. The fourth-order valence-electron chi connectivity index (χ4n) is 5.90. The number of halogens is 1. The van der Waals surface area contributed by atoms with E-state index in [0.29, 0.717) is 0 Å². The molecule has 7 rings (SSSR count). The SMILES string of the molecule is CC1(C)c2ccccc2-c2ccc(N(c3ccc(Br)cc3)c3ccc(-c4ccc(C5OC=CO5)cc4)cc3)cc21. The van der Waals surface area contributed by atoms with Gasteiger partial charge in [0.05, 0.1) is 0 Å². The molecule has 1 aliphatic heterocycles. The van der Waals surface area contributed by atoms with Crippen LogP contribution >= 0.6 is 15.9 Å². The second-order valence-electron chi connectivity index (χ2n) is 10.8. The van der Waals surface area contributed by atoms with Crippen LogP contribution < -0.4 is 4.90 Å². The number of rotatable bonds is 5. The minimum Gasteiger partial charge on any atom is -0.455 e. The van der Waals surface area contributed by atoms with E-state index in [2.05, 4.69) is 150 Å². The van der Waals surface area contributed by atoms with Gasteiger partial charge in [-0.1, -0.05) is 96.5 Å². The number of fused-ring (bicyclic) bond motifs is 3. The van der Waals surface area contributed by atoms with Crippen LogP contribution in [0.5, 0.6) is 0 Å². The van der Waals surface area contributed by atoms with E-state index in [-0.39, 0.29) is 11.7 Å². The Bertz CT molecular complexity index is 1710. The topological polar surface area (TPSA) is 21.7 Å². The number of anilines is 3. The molecule has 2 aliphatic rings. The van der Waals surface area contributed by atoms with Crippen molar-refractivity contribution in [3.8, 4) is 22.3 Å². The first-order valence-electron chi connectivity index (χ1n) is 13.5. The first-order valence-corrected chi connectivity index (χ1v) is 14.2. The average molecular weight is 587 g/mol. The maximum absolute atomic E-state index is 5.47. The number of nitrogens with zero attached hydrogens (tertiary/aromatic N) is 1. The average Bonchev–Trinajstić information content (AvgIpc) is 3.61. The van der Waals surface area contributed by atoms with Crippen LogP contribution in [0.3, 0.4) is 0 Å². The van der Waals surface area contributed by atoms with Crippen molar-refractivity contribution in [1.82, 2.24) is 0 Å². The van der Waals surface area contributed by atoms with Crippen LogP contribution in [0.15, 0.2) is 132 Å². The summed E-state index contributed by atoms with van der Waals surface area (Å²) in [6.45, 7) is 4.65. The molecular weight excluding hydrogens is 558 g/mol. The molecule has 196 valence electrons. The van der Waals surface area contributed by atoms with Crippen LogP contribution in [0.2, 0.25) is 0 Å². The van der Waals surface area contributed by atoms with Gasteiger partial charge >= 0.3 is 0 Å². The summed E-state index contributed by atoms with van der Waals surface area (Å²) >= 11 is 3.60. The highest BCUT2D eigenvalue weighted by Gasteiger charge is 2.35. The van der Waals surface area contributed by atoms with Gasteiger partial charge in [-0.3, -0.25) is 0 Å². The van der Waals surface area contributed by atoms with Gasteiger partial charge < -0.3 is 14.4 Å². The van der Waals surface area contributed by atoms with Gasteiger partial charge in [0.15, 0.2) is 0 Å². The zero-order valence-corrected chi connectivity index (χ0v) is 23.9. The lowest BCUT2D eigenvalue weighted by Crippen LogP contribution is -2.16. The van der Waals surface area contributed by atoms with Crippen LogP contribution in [0.25, 0.3) is 22.3 Å². The maximum Gasteiger partial charge on any atom is 0.266 e. The lowest BCUT2D eigenvalue weighted by atomic mass is 9.82. The van der Waals surface area contributed by atoms with Gasteiger partial charge in [0, 0.05) is 32.5 Å². The standard InChI is InChI=1S/C36H28BrNO2/c1-36(2)33-6-4-3-5-31(33)32-20-19-30(23-34(32)36)38(29-17-13-27(37)14-18-29)28-15-11-25(12-16-28)24-7-9-26(10-8-24)35-39-21-22-40-35/h3-23,35H,1-2H3. The van der Waals surface area contributed by atoms with Crippen molar-refractivity contribution in [2.75, 3.05) is 4.90 Å². The van der Waals surface area contributed by atoms with Gasteiger partial charge in [-0.2, -0.15) is 0 Å². The van der Waals surface area contributed by atoms with Gasteiger partial charge in [-0.15, -0.1) is 0 Å². The van der Waals surface area contributed by atoms with E-state index in [1.807, 2.05) is 0 Å². The smallest absolute Gasteiger partial charge is 0.266 e. The molecule has 1 heterocycles. The third-order valence-corrected chi connectivity index (χ3v) is 8.54. The van der Waals surface area contributed by atoms with Crippen LogP contribution in [-0.2, 0) is 14.9 Å². The van der Waals surface area contributed by atoms with Gasteiger partial charge in [0.2, 0.25) is 0 Å². The minimum absolute atomic E-state index is 0.0615. The van der Waals surface area contributed by atoms with Gasteiger partial charge in [0.1, 0.15) is 12.5 Å². The maximum atomic E-state index is 5.47. The fraction of sp³-hybridized carbons (Fsp3) is 0.111. The van der Waals surface area contributed by atoms with Crippen molar-refractivity contribution in [3.05, 3.63) is 149 Å². The number of benzene rings is 5. The Morgan fingerprint density at radius 1 is 0.600 bits per heavy atom. The Morgan fingerprint density at radius 2 is 1.15 bits per heavy atom. The van der Waals surface area contributed by atoms with E-state index in [0.717, 1.165) is 38.2 Å². The van der Waals surface area contributed by atoms with E-state index < -0.39 is 0 Å². The Labute approximate surface area is 243 Å². The van der Waals surface area contributed by atoms with E-state index >= 15 is 0 Å². The van der Waals surface area contributed by atoms with Crippen molar-refractivity contribution < 1.29 is 9.47 Å². The van der Waals surface area contributed by atoms with E-state index in [9.17, 15) is 0 Å². The quantitative estimate of drug-likeness (QED) is 0.205. The zero-order valence-electron chi connectivity index (χ0n) is 22.3. The summed E-state index contributed by atoms with van der Waals surface area (Å²) in [5, 5.41) is 0. The van der Waals surface area contributed by atoms with Crippen molar-refractivity contribution in [2.45, 2.75) is 25.6 Å². The lowest BCUT2D eigenvalue weighted by Gasteiger charge is -2.28. The third kappa shape index (κ3) is 4.20. The highest BCUT2D eigenvalue weighted by Crippen LogP contribution is 2.50. The van der Waals surface area contributed by atoms with Crippen molar-refractivity contribution in [3.63, 3.8) is 0 Å². The highest BCUT2D eigenvalue weighted by atomic mass is 79.9. The molecule has 0 N–H and O–H groups in total. The summed E-state index contributed by atoms with van der Waals surface area (Å²) in [4.78, 5) is 2.33. The lowest BCUT2D eigenvalue weighted by molar-refractivity contribution is -0.0245. The van der Waals surface area contributed by atoms with Crippen LogP contribution in [0.1, 0.15) is 36.8 Å². The Balaban J connectivity index is 1.26. The van der Waals surface area contributed by atoms with Crippen LogP contribution in [0.4, 0.5) is 17.1 Å². The van der Waals surface area contributed by atoms with Gasteiger partial charge in [-0.25, -0.2) is 0 Å². The second-order valence-corrected chi connectivity index (χ2v) is 11.7. The molecule has 4 heteroatoms. The molecule has 0 saturated carbocycles. The molecule has 0 radical (unpaired) electrons. The summed E-state index contributed by atoms with van der Waals surface area (Å²) in [5.74, 6) is 0. The Hall–Kier alpha value is -4.28. The normalized spacial score (nSPS) is 14.8. The highest BCUT2D eigenvalue weighted by molar-refractivity contribution is 9.10. The molecular formula is C36H28BrNO2. The molecule has 0 atom stereocenters. The molecule has 40 heavy (non-hydrogen) atoms. The number of hydrogen-bond acceptors (Lipinski definition) is 3. The number of ether oxygens (including phenoxy) is 2. The summed E-state index contributed by atoms with van der Waals surface area (Å²) in [6.07, 6.45) is 2.80. The first-order chi connectivity index (χ1) is 19.5. The van der Waals surface area contributed by atoms with Crippen molar-refractivity contribution in [1.29, 1.82) is 0 Å². The molecule has 0 spiro atoms.